The number of piperazine rings is 1. The molecule has 2 aromatic carbocycles. The number of fused-ring (bicyclic) bond motifs is 1. The minimum absolute atomic E-state index is 0.0806. The Morgan fingerprint density at radius 2 is 1.54 bits per heavy atom. The number of ether oxygens (including phenoxy) is 1. The van der Waals surface area contributed by atoms with E-state index in [4.69, 9.17) is 94.8 Å². The average molecular weight is 653 g/mol. The molecule has 0 bridgehead atoms. The molecule has 20 radical (unpaired) electrons. The minimum Gasteiger partial charge on any atom is -0.455 e. The van der Waals surface area contributed by atoms with Gasteiger partial charge >= 0.3 is 0 Å². The zero-order valence-corrected chi connectivity index (χ0v) is 28.6. The number of carbonyl (C=O) groups is 1. The van der Waals surface area contributed by atoms with Crippen LogP contribution >= 0.6 is 11.6 Å². The molecule has 1 aliphatic heterocycles. The van der Waals surface area contributed by atoms with Gasteiger partial charge in [0.2, 0.25) is 0 Å². The molecule has 2 aromatic heterocycles. The van der Waals surface area contributed by atoms with Gasteiger partial charge in [0.15, 0.2) is 6.29 Å². The van der Waals surface area contributed by atoms with Crippen LogP contribution in [0.4, 0.5) is 5.69 Å². The normalized spacial score (nSPS) is 21.1. The smallest absolute Gasteiger partial charge is 0.153 e. The van der Waals surface area contributed by atoms with Crippen LogP contribution in [0.5, 0.6) is 11.5 Å². The van der Waals surface area contributed by atoms with Crippen molar-refractivity contribution in [3.05, 3.63) is 88.7 Å². The first-order valence-corrected chi connectivity index (χ1v) is 16.2. The number of nitrogens with zero attached hydrogens (tertiary/aromatic N) is 3. The first-order valence-electron chi connectivity index (χ1n) is 15.8. The van der Waals surface area contributed by atoms with Crippen LogP contribution in [0.1, 0.15) is 49.0 Å². The van der Waals surface area contributed by atoms with Gasteiger partial charge < -0.3 is 19.5 Å². The summed E-state index contributed by atoms with van der Waals surface area (Å²) < 4.78 is 6.10. The first kappa shape index (κ1) is 36.8. The summed E-state index contributed by atoms with van der Waals surface area (Å²) in [5, 5.41) is -10.4. The second-order valence-electron chi connectivity index (χ2n) is 14.1. The number of anilines is 1. The van der Waals surface area contributed by atoms with Crippen LogP contribution in [0.15, 0.2) is 72.6 Å². The van der Waals surface area contributed by atoms with E-state index in [1.54, 1.807) is 24.4 Å². The fourth-order valence-electron chi connectivity index (χ4n) is 7.11. The highest BCUT2D eigenvalue weighted by Crippen LogP contribution is 2.53. The third-order valence-electron chi connectivity index (χ3n) is 9.87. The molecule has 17 heteroatoms. The number of carbonyl (C=O) groups excluding carboxylic acids is 1. The predicted octanol–water partition coefficient (Wildman–Crippen LogP) is 2.56. The highest BCUT2D eigenvalue weighted by Gasteiger charge is 2.63. The Morgan fingerprint density at radius 1 is 0.900 bits per heavy atom. The largest absolute Gasteiger partial charge is 0.455 e. The molecule has 6 rings (SSSR count). The van der Waals surface area contributed by atoms with Crippen LogP contribution in [0.25, 0.3) is 16.6 Å². The Balaban J connectivity index is 1.47. The molecule has 6 nitrogen and oxygen atoms in total. The van der Waals surface area contributed by atoms with Gasteiger partial charge in [-0.3, -0.25) is 4.79 Å². The summed E-state index contributed by atoms with van der Waals surface area (Å²) in [6.45, 7) is 4.27. The third kappa shape index (κ3) is 5.87. The van der Waals surface area contributed by atoms with Crippen molar-refractivity contribution in [3.8, 4) is 11.5 Å². The number of hydrogen-bond acceptors (Lipinski definition) is 5. The second kappa shape index (κ2) is 12.3. The van der Waals surface area contributed by atoms with Gasteiger partial charge in [-0.15, -0.1) is 0 Å². The van der Waals surface area contributed by atoms with Crippen LogP contribution in [-0.4, -0.2) is 126 Å². The maximum absolute atomic E-state index is 12.1. The Hall–Kier alpha value is -2.96. The number of H-pyrrole nitrogens is 1. The summed E-state index contributed by atoms with van der Waals surface area (Å²) in [6, 6.07) is 15.2. The lowest BCUT2D eigenvalue weighted by Gasteiger charge is -2.79. The van der Waals surface area contributed by atoms with Gasteiger partial charge in [-0.1, -0.05) is 43.2 Å². The van der Waals surface area contributed by atoms with E-state index in [1.807, 2.05) is 18.2 Å². The number of pyridine rings is 1. The third-order valence-corrected chi connectivity index (χ3v) is 10.1. The summed E-state index contributed by atoms with van der Waals surface area (Å²) in [6.07, 6.45) is 5.52. The molecule has 226 valence electrons. The van der Waals surface area contributed by atoms with Crippen molar-refractivity contribution >= 4 is 119 Å². The topological polar surface area (TPSA) is 61.5 Å². The standard InChI is InChI=1S/C33H25B10ClN4O2/c1-28(2)11-9-25(24(15-28)18-3-6-21(44)7-4-18)29(34,35)48-32(40,41)30(36,37)47(31(38,39)33(48,42)43)22-8-5-20(17-49)26(14-22)50-23-13-19-10-12-45-27(19)46-16-23/h3-8,10,12-14,16-17H,9,11,15H2,1-2H3,(H,45,46). The number of allylic oxidation sites excluding steroid dienone is 1. The van der Waals surface area contributed by atoms with Crippen molar-refractivity contribution in [1.82, 2.24) is 14.9 Å². The molecule has 1 saturated heterocycles. The predicted molar refractivity (Wildman–Crippen MR) is 210 cm³/mol. The lowest BCUT2D eigenvalue weighted by molar-refractivity contribution is 0.0842. The summed E-state index contributed by atoms with van der Waals surface area (Å²) >= 11 is 6.21. The molecule has 4 aromatic rings. The van der Waals surface area contributed by atoms with Crippen LogP contribution in [0.2, 0.25) is 5.02 Å². The van der Waals surface area contributed by atoms with Crippen LogP contribution in [0.3, 0.4) is 0 Å². The number of nitrogens with one attached hydrogen (secondary N) is 1. The Kier molecular flexibility index (Phi) is 9.08. The van der Waals surface area contributed by atoms with E-state index < -0.39 is 26.7 Å². The van der Waals surface area contributed by atoms with E-state index in [-0.39, 0.29) is 22.4 Å². The maximum Gasteiger partial charge on any atom is 0.153 e. The molecule has 1 fully saturated rings. The van der Waals surface area contributed by atoms with E-state index >= 15 is 0 Å². The van der Waals surface area contributed by atoms with E-state index in [9.17, 15) is 4.79 Å². The zero-order chi connectivity index (χ0) is 36.7. The number of aldehydes is 1. The SMILES string of the molecule is [B]C([B])(C1=C(c2ccc(Cl)cc2)CC(C)(C)CC1)N1C([B])([B])C([B])([B])N(c2ccc(C=O)c(Oc3cnc4[nH]ccc4c3)c2)C([B])([B])C1([B])[B]. The van der Waals surface area contributed by atoms with Gasteiger partial charge in [-0.2, -0.15) is 0 Å². The monoisotopic (exact) mass is 654 g/mol. The average Bonchev–Trinajstić information content (AvgIpc) is 3.48. The lowest BCUT2D eigenvalue weighted by Crippen LogP contribution is -2.95. The minimum atomic E-state index is -2.43. The van der Waals surface area contributed by atoms with Crippen molar-refractivity contribution in [1.29, 1.82) is 0 Å². The molecular formula is C33H25B10ClN4O2. The summed E-state index contributed by atoms with van der Waals surface area (Å²) in [4.78, 5) is 21.5. The van der Waals surface area contributed by atoms with Crippen molar-refractivity contribution in [2.45, 2.75) is 59.8 Å². The van der Waals surface area contributed by atoms with Crippen LogP contribution < -0.4 is 9.64 Å². The van der Waals surface area contributed by atoms with Crippen molar-refractivity contribution in [3.63, 3.8) is 0 Å². The van der Waals surface area contributed by atoms with E-state index in [1.165, 1.54) is 24.4 Å². The highest BCUT2D eigenvalue weighted by atomic mass is 35.5. The summed E-state index contributed by atoms with van der Waals surface area (Å²) in [5.74, 6) is 0.410. The summed E-state index contributed by atoms with van der Waals surface area (Å²) in [5.41, 5.74) is 2.98. The number of benzene rings is 2. The van der Waals surface area contributed by atoms with Crippen molar-refractivity contribution in [2.75, 3.05) is 4.90 Å². The summed E-state index contributed by atoms with van der Waals surface area (Å²) in [7, 11) is 69.0. The molecule has 0 unspecified atom stereocenters. The molecular weight excluding hydrogens is 628 g/mol. The van der Waals surface area contributed by atoms with E-state index in [2.05, 4.69) is 23.8 Å². The Bertz CT molecular complexity index is 1970. The van der Waals surface area contributed by atoms with E-state index in [0.29, 0.717) is 47.5 Å². The maximum atomic E-state index is 12.1. The van der Waals surface area contributed by atoms with Crippen molar-refractivity contribution in [2.24, 2.45) is 5.41 Å². The lowest BCUT2D eigenvalue weighted by atomic mass is 9.24. The fraction of sp³-hybridized carbons (Fsp3) is 0.333. The number of rotatable bonds is 7. The number of aromatic amines is 1. The van der Waals surface area contributed by atoms with Gasteiger partial charge in [0, 0.05) is 28.4 Å². The van der Waals surface area contributed by atoms with Crippen molar-refractivity contribution < 1.29 is 9.53 Å². The quantitative estimate of drug-likeness (QED) is 0.246. The van der Waals surface area contributed by atoms with Gasteiger partial charge in [0.1, 0.15) is 17.1 Å². The molecule has 3 heterocycles. The molecule has 0 atom stereocenters. The van der Waals surface area contributed by atoms with E-state index in [0.717, 1.165) is 26.3 Å². The molecule has 2 aliphatic rings. The van der Waals surface area contributed by atoms with Gasteiger partial charge in [-0.25, -0.2) is 4.98 Å². The Morgan fingerprint density at radius 3 is 2.16 bits per heavy atom. The first-order chi connectivity index (χ1) is 23.1. The zero-order valence-electron chi connectivity index (χ0n) is 27.9. The molecule has 0 amide bonds. The van der Waals surface area contributed by atoms with Crippen LogP contribution in [-0.2, 0) is 0 Å². The number of hydrogen-bond donors (Lipinski definition) is 1. The molecule has 50 heavy (non-hydrogen) atoms. The second-order valence-corrected chi connectivity index (χ2v) is 14.6. The van der Waals surface area contributed by atoms with Gasteiger partial charge in [0.25, 0.3) is 0 Å². The number of aromatic nitrogens is 2. The Labute approximate surface area is 312 Å². The van der Waals surface area contributed by atoms with Crippen LogP contribution in [0, 0.1) is 5.41 Å². The van der Waals surface area contributed by atoms with Gasteiger partial charge in [0.05, 0.1) is 90.2 Å². The highest BCUT2D eigenvalue weighted by molar-refractivity contribution is 6.63. The van der Waals surface area contributed by atoms with Gasteiger partial charge in [-0.05, 0) is 98.9 Å². The molecule has 0 spiro atoms. The fourth-order valence-corrected chi connectivity index (χ4v) is 7.24. The number of halogens is 1. The molecule has 0 saturated carbocycles. The molecule has 1 N–H and O–H groups in total. The molecule has 1 aliphatic carbocycles.